The van der Waals surface area contributed by atoms with Gasteiger partial charge in [-0.05, 0) is 56.8 Å². The summed E-state index contributed by atoms with van der Waals surface area (Å²) in [5.74, 6) is 0.219. The highest BCUT2D eigenvalue weighted by Gasteiger charge is 2.60. The monoisotopic (exact) mass is 338 g/mol. The van der Waals surface area contributed by atoms with Gasteiger partial charge in [-0.15, -0.1) is 0 Å². The van der Waals surface area contributed by atoms with Crippen molar-refractivity contribution in [1.82, 2.24) is 0 Å². The van der Waals surface area contributed by atoms with Crippen LogP contribution in [0.1, 0.15) is 39.0 Å². The first-order valence-electron chi connectivity index (χ1n) is 8.67. The van der Waals surface area contributed by atoms with Gasteiger partial charge in [-0.3, -0.25) is 4.79 Å². The zero-order chi connectivity index (χ0) is 17.5. The molecule has 0 aromatic heterocycles. The number of esters is 2. The Bertz CT molecular complexity index is 526. The lowest BCUT2D eigenvalue weighted by Gasteiger charge is -2.57. The maximum atomic E-state index is 12.6. The Labute approximate surface area is 141 Å². The second-order valence-electron chi connectivity index (χ2n) is 7.84. The molecule has 4 fully saturated rings. The van der Waals surface area contributed by atoms with Crippen LogP contribution in [0, 0.1) is 23.2 Å². The summed E-state index contributed by atoms with van der Waals surface area (Å²) in [5, 5.41) is 18.2. The van der Waals surface area contributed by atoms with Gasteiger partial charge in [-0.25, -0.2) is 4.79 Å². The zero-order valence-electron chi connectivity index (χ0n) is 14.1. The molecule has 24 heavy (non-hydrogen) atoms. The quantitative estimate of drug-likeness (QED) is 0.558. The molecule has 0 amide bonds. The standard InChI is InChI=1S/C18H26O6/c1-10(2)16(21)24-15-12-3-11-4-13(15)7-18(5-11,6-12)17(22)23-9-14(20)8-19/h11-15,19-20H,1,3-9H2,2H3. The first kappa shape index (κ1) is 17.4. The highest BCUT2D eigenvalue weighted by Crippen LogP contribution is 2.61. The van der Waals surface area contributed by atoms with Crippen LogP contribution in [0.15, 0.2) is 12.2 Å². The van der Waals surface area contributed by atoms with Crippen LogP contribution >= 0.6 is 0 Å². The third-order valence-corrected chi connectivity index (χ3v) is 5.83. The maximum Gasteiger partial charge on any atom is 0.333 e. The molecule has 0 spiro atoms. The summed E-state index contributed by atoms with van der Waals surface area (Å²) in [6.07, 6.45) is 2.96. The van der Waals surface area contributed by atoms with Gasteiger partial charge in [0.15, 0.2) is 0 Å². The SMILES string of the molecule is C=C(C)C(=O)OC1C2CC3CC1CC(C(=O)OCC(O)CO)(C3)C2. The molecule has 2 N–H and O–H groups in total. The minimum atomic E-state index is -1.04. The fraction of sp³-hybridized carbons (Fsp3) is 0.778. The van der Waals surface area contributed by atoms with E-state index < -0.39 is 18.1 Å². The zero-order valence-corrected chi connectivity index (χ0v) is 14.1. The van der Waals surface area contributed by atoms with Gasteiger partial charge in [0.25, 0.3) is 0 Å². The minimum Gasteiger partial charge on any atom is -0.462 e. The van der Waals surface area contributed by atoms with Gasteiger partial charge in [0.05, 0.1) is 12.0 Å². The fourth-order valence-corrected chi connectivity index (χ4v) is 5.02. The molecule has 0 saturated heterocycles. The molecule has 4 aliphatic rings. The molecule has 0 heterocycles. The third-order valence-electron chi connectivity index (χ3n) is 5.83. The smallest absolute Gasteiger partial charge is 0.333 e. The van der Waals surface area contributed by atoms with E-state index in [1.807, 2.05) is 0 Å². The number of carbonyl (C=O) groups excluding carboxylic acids is 2. The molecule has 0 radical (unpaired) electrons. The van der Waals surface area contributed by atoms with E-state index in [4.69, 9.17) is 14.6 Å². The Morgan fingerprint density at radius 1 is 1.25 bits per heavy atom. The van der Waals surface area contributed by atoms with Crippen molar-refractivity contribution in [3.05, 3.63) is 12.2 Å². The van der Waals surface area contributed by atoms with E-state index in [0.717, 1.165) is 19.3 Å². The van der Waals surface area contributed by atoms with E-state index in [1.54, 1.807) is 6.92 Å². The van der Waals surface area contributed by atoms with Crippen LogP contribution in [-0.4, -0.2) is 47.6 Å². The number of carbonyl (C=O) groups is 2. The van der Waals surface area contributed by atoms with Crippen molar-refractivity contribution >= 4 is 11.9 Å². The highest BCUT2D eigenvalue weighted by molar-refractivity contribution is 5.87. The summed E-state index contributed by atoms with van der Waals surface area (Å²) in [6, 6.07) is 0. The number of aliphatic hydroxyl groups is 2. The molecule has 4 rings (SSSR count). The first-order chi connectivity index (χ1) is 11.3. The van der Waals surface area contributed by atoms with Crippen LogP contribution in [0.4, 0.5) is 0 Å². The molecule has 3 atom stereocenters. The number of ether oxygens (including phenoxy) is 2. The summed E-state index contributed by atoms with van der Waals surface area (Å²) in [6.45, 7) is 4.68. The fourth-order valence-electron chi connectivity index (χ4n) is 5.02. The van der Waals surface area contributed by atoms with Crippen LogP contribution in [0.25, 0.3) is 0 Å². The predicted octanol–water partition coefficient (Wildman–Crippen LogP) is 1.20. The molecule has 4 aliphatic carbocycles. The largest absolute Gasteiger partial charge is 0.462 e. The number of rotatable bonds is 6. The van der Waals surface area contributed by atoms with Crippen molar-refractivity contribution < 1.29 is 29.3 Å². The van der Waals surface area contributed by atoms with Crippen LogP contribution < -0.4 is 0 Å². The molecule has 134 valence electrons. The van der Waals surface area contributed by atoms with E-state index in [1.165, 1.54) is 0 Å². The van der Waals surface area contributed by atoms with Crippen LogP contribution in [0.5, 0.6) is 0 Å². The number of aliphatic hydroxyl groups excluding tert-OH is 2. The Morgan fingerprint density at radius 3 is 2.42 bits per heavy atom. The molecule has 4 saturated carbocycles. The van der Waals surface area contributed by atoms with Crippen molar-refractivity contribution in [1.29, 1.82) is 0 Å². The topological polar surface area (TPSA) is 93.1 Å². The third kappa shape index (κ3) is 3.09. The normalized spacial score (nSPS) is 37.8. The number of hydrogen-bond donors (Lipinski definition) is 2. The molecule has 4 bridgehead atoms. The molecular weight excluding hydrogens is 312 g/mol. The summed E-state index contributed by atoms with van der Waals surface area (Å²) < 4.78 is 10.9. The van der Waals surface area contributed by atoms with Gasteiger partial charge < -0.3 is 19.7 Å². The van der Waals surface area contributed by atoms with Crippen molar-refractivity contribution in [2.75, 3.05) is 13.2 Å². The molecule has 0 aromatic carbocycles. The molecular formula is C18H26O6. The van der Waals surface area contributed by atoms with Crippen LogP contribution in [0.3, 0.4) is 0 Å². The average Bonchev–Trinajstić information content (AvgIpc) is 2.54. The summed E-state index contributed by atoms with van der Waals surface area (Å²) in [4.78, 5) is 24.5. The van der Waals surface area contributed by atoms with Crippen molar-refractivity contribution in [3.8, 4) is 0 Å². The molecule has 3 unspecified atom stereocenters. The highest BCUT2D eigenvalue weighted by atomic mass is 16.6. The Hall–Kier alpha value is -1.40. The lowest BCUT2D eigenvalue weighted by Crippen LogP contribution is -2.57. The molecule has 6 nitrogen and oxygen atoms in total. The van der Waals surface area contributed by atoms with Gasteiger partial charge in [-0.1, -0.05) is 6.58 Å². The second kappa shape index (κ2) is 6.48. The minimum absolute atomic E-state index is 0.130. The maximum absolute atomic E-state index is 12.6. The summed E-state index contributed by atoms with van der Waals surface area (Å²) >= 11 is 0. The summed E-state index contributed by atoms with van der Waals surface area (Å²) in [7, 11) is 0. The second-order valence-corrected chi connectivity index (χ2v) is 7.84. The van der Waals surface area contributed by atoms with Gasteiger partial charge in [-0.2, -0.15) is 0 Å². The Morgan fingerprint density at radius 2 is 1.88 bits per heavy atom. The lowest BCUT2D eigenvalue weighted by atomic mass is 9.48. The van der Waals surface area contributed by atoms with Crippen molar-refractivity contribution in [2.45, 2.75) is 51.2 Å². The molecule has 0 aromatic rings. The Balaban J connectivity index is 1.68. The van der Waals surface area contributed by atoms with Gasteiger partial charge in [0.1, 0.15) is 18.8 Å². The van der Waals surface area contributed by atoms with Gasteiger partial charge in [0, 0.05) is 5.57 Å². The van der Waals surface area contributed by atoms with Crippen molar-refractivity contribution in [3.63, 3.8) is 0 Å². The molecule has 6 heteroatoms. The van der Waals surface area contributed by atoms with Gasteiger partial charge in [0.2, 0.25) is 0 Å². The van der Waals surface area contributed by atoms with Crippen LogP contribution in [-0.2, 0) is 19.1 Å². The number of hydrogen-bond acceptors (Lipinski definition) is 6. The van der Waals surface area contributed by atoms with Crippen LogP contribution in [0.2, 0.25) is 0 Å². The van der Waals surface area contributed by atoms with E-state index in [9.17, 15) is 14.7 Å². The average molecular weight is 338 g/mol. The van der Waals surface area contributed by atoms with E-state index in [2.05, 4.69) is 6.58 Å². The lowest BCUT2D eigenvalue weighted by molar-refractivity contribution is -0.195. The van der Waals surface area contributed by atoms with E-state index in [-0.39, 0.29) is 36.5 Å². The first-order valence-corrected chi connectivity index (χ1v) is 8.67. The molecule has 0 aliphatic heterocycles. The Kier molecular flexibility index (Phi) is 4.71. The van der Waals surface area contributed by atoms with E-state index >= 15 is 0 Å². The van der Waals surface area contributed by atoms with Crippen molar-refractivity contribution in [2.24, 2.45) is 23.2 Å². The predicted molar refractivity (Wildman–Crippen MR) is 84.7 cm³/mol. The van der Waals surface area contributed by atoms with Gasteiger partial charge >= 0.3 is 11.9 Å². The summed E-state index contributed by atoms with van der Waals surface area (Å²) in [5.41, 5.74) is -0.117. The van der Waals surface area contributed by atoms with E-state index in [0.29, 0.717) is 24.3 Å².